The van der Waals surface area contributed by atoms with Crippen molar-refractivity contribution >= 4 is 22.7 Å². The summed E-state index contributed by atoms with van der Waals surface area (Å²) in [6, 6.07) is 4.86. The van der Waals surface area contributed by atoms with Crippen molar-refractivity contribution in [3.05, 3.63) is 29.3 Å². The lowest BCUT2D eigenvalue weighted by Crippen LogP contribution is -2.15. The lowest BCUT2D eigenvalue weighted by molar-refractivity contribution is 0.0582. The third kappa shape index (κ3) is 4.22. The molecule has 0 bridgehead atoms. The molecule has 0 saturated heterocycles. The number of aromatic carboxylic acids is 1. The zero-order valence-electron chi connectivity index (χ0n) is 21.8. The fourth-order valence-electron chi connectivity index (χ4n) is 4.36. The van der Waals surface area contributed by atoms with Crippen LogP contribution in [0.15, 0.2) is 18.2 Å². The molecule has 198 valence electrons. The second-order valence-corrected chi connectivity index (χ2v) is 7.41. The highest BCUT2D eigenvalue weighted by molar-refractivity contribution is 6.22. The second kappa shape index (κ2) is 11.0. The number of rotatable bonds is 10. The topological polar surface area (TPSA) is 128 Å². The van der Waals surface area contributed by atoms with Gasteiger partial charge >= 0.3 is 11.9 Å². The molecule has 0 unspecified atom stereocenters. The molecule has 11 heteroatoms. The van der Waals surface area contributed by atoms with Gasteiger partial charge in [0.25, 0.3) is 0 Å². The van der Waals surface area contributed by atoms with E-state index in [2.05, 4.69) is 0 Å². The number of carboxylic acid groups (broad SMARTS) is 1. The van der Waals surface area contributed by atoms with E-state index in [0.717, 1.165) is 7.11 Å². The van der Waals surface area contributed by atoms with E-state index in [9.17, 15) is 14.7 Å². The molecule has 0 aliphatic heterocycles. The molecular formula is C26H28O11. The van der Waals surface area contributed by atoms with Gasteiger partial charge in [-0.25, -0.2) is 9.59 Å². The highest BCUT2D eigenvalue weighted by Gasteiger charge is 2.36. The zero-order chi connectivity index (χ0) is 27.4. The first-order valence-corrected chi connectivity index (χ1v) is 10.8. The van der Waals surface area contributed by atoms with Gasteiger partial charge in [0, 0.05) is 10.9 Å². The van der Waals surface area contributed by atoms with Gasteiger partial charge in [-0.3, -0.25) is 0 Å². The summed E-state index contributed by atoms with van der Waals surface area (Å²) in [4.78, 5) is 25.9. The Bertz CT molecular complexity index is 1360. The van der Waals surface area contributed by atoms with Crippen LogP contribution in [0.3, 0.4) is 0 Å². The molecule has 0 aliphatic carbocycles. The number of carbonyl (C=O) groups is 2. The maximum absolute atomic E-state index is 13.2. The molecule has 0 amide bonds. The fraction of sp³-hybridized carbons (Fsp3) is 0.308. The average Bonchev–Trinajstić information content (AvgIpc) is 2.93. The maximum Gasteiger partial charge on any atom is 0.340 e. The summed E-state index contributed by atoms with van der Waals surface area (Å²) < 4.78 is 44.0. The van der Waals surface area contributed by atoms with Crippen LogP contribution in [-0.2, 0) is 4.74 Å². The normalized spacial score (nSPS) is 10.5. The van der Waals surface area contributed by atoms with Gasteiger partial charge in [0.2, 0.25) is 11.5 Å². The van der Waals surface area contributed by atoms with Crippen LogP contribution in [0.1, 0.15) is 20.7 Å². The third-order valence-corrected chi connectivity index (χ3v) is 5.82. The largest absolute Gasteiger partial charge is 0.495 e. The van der Waals surface area contributed by atoms with Gasteiger partial charge in [0.05, 0.1) is 67.8 Å². The molecule has 3 rings (SSSR count). The Hall–Kier alpha value is -4.54. The summed E-state index contributed by atoms with van der Waals surface area (Å²) >= 11 is 0. The molecule has 0 spiro atoms. The minimum absolute atomic E-state index is 0.104. The van der Waals surface area contributed by atoms with Crippen LogP contribution in [0.5, 0.6) is 40.2 Å². The van der Waals surface area contributed by atoms with Crippen LogP contribution in [0.4, 0.5) is 0 Å². The summed E-state index contributed by atoms with van der Waals surface area (Å²) in [6.07, 6.45) is 0. The molecule has 11 nitrogen and oxygen atoms in total. The fourth-order valence-corrected chi connectivity index (χ4v) is 4.36. The Morgan fingerprint density at radius 3 is 1.54 bits per heavy atom. The first-order chi connectivity index (χ1) is 17.8. The minimum atomic E-state index is -1.43. The molecule has 37 heavy (non-hydrogen) atoms. The van der Waals surface area contributed by atoms with Crippen molar-refractivity contribution in [1.82, 2.24) is 0 Å². The van der Waals surface area contributed by atoms with E-state index in [0.29, 0.717) is 17.1 Å². The highest BCUT2D eigenvalue weighted by atomic mass is 16.5. The van der Waals surface area contributed by atoms with Crippen molar-refractivity contribution in [3.63, 3.8) is 0 Å². The molecule has 0 aromatic heterocycles. The molecule has 0 heterocycles. The van der Waals surface area contributed by atoms with Gasteiger partial charge in [-0.15, -0.1) is 0 Å². The number of hydrogen-bond donors (Lipinski definition) is 1. The van der Waals surface area contributed by atoms with Crippen LogP contribution >= 0.6 is 0 Å². The summed E-state index contributed by atoms with van der Waals surface area (Å²) in [5.41, 5.74) is -0.184. The van der Waals surface area contributed by atoms with Crippen molar-refractivity contribution in [1.29, 1.82) is 0 Å². The van der Waals surface area contributed by atoms with Gasteiger partial charge in [-0.05, 0) is 17.7 Å². The number of ether oxygens (including phenoxy) is 8. The van der Waals surface area contributed by atoms with Gasteiger partial charge < -0.3 is 43.0 Å². The highest BCUT2D eigenvalue weighted by Crippen LogP contribution is 2.58. The summed E-state index contributed by atoms with van der Waals surface area (Å²) in [7, 11) is 10.9. The van der Waals surface area contributed by atoms with E-state index in [1.807, 2.05) is 0 Å². The molecule has 0 radical (unpaired) electrons. The number of methoxy groups -OCH3 is 8. The van der Waals surface area contributed by atoms with Gasteiger partial charge in [-0.2, -0.15) is 0 Å². The van der Waals surface area contributed by atoms with E-state index in [1.165, 1.54) is 49.8 Å². The first-order valence-electron chi connectivity index (χ1n) is 10.8. The van der Waals surface area contributed by atoms with Gasteiger partial charge in [-0.1, -0.05) is 6.07 Å². The van der Waals surface area contributed by atoms with E-state index in [-0.39, 0.29) is 50.6 Å². The van der Waals surface area contributed by atoms with Gasteiger partial charge in [0.15, 0.2) is 23.0 Å². The van der Waals surface area contributed by atoms with Crippen molar-refractivity contribution in [2.45, 2.75) is 0 Å². The zero-order valence-corrected chi connectivity index (χ0v) is 21.8. The number of carboxylic acids is 1. The minimum Gasteiger partial charge on any atom is -0.495 e. The summed E-state index contributed by atoms with van der Waals surface area (Å²) in [5, 5.41) is 10.7. The second-order valence-electron chi connectivity index (χ2n) is 7.41. The number of benzene rings is 3. The number of carbonyl (C=O) groups excluding carboxylic acids is 1. The first kappa shape index (κ1) is 27.1. The Balaban J connectivity index is 2.84. The Morgan fingerprint density at radius 1 is 0.595 bits per heavy atom. The third-order valence-electron chi connectivity index (χ3n) is 5.82. The number of fused-ring (bicyclic) bond motifs is 1. The van der Waals surface area contributed by atoms with E-state index in [1.54, 1.807) is 18.2 Å². The molecule has 0 atom stereocenters. The molecule has 3 aromatic carbocycles. The predicted octanol–water partition coefficient (Wildman–Crippen LogP) is 4.05. The van der Waals surface area contributed by atoms with E-state index in [4.69, 9.17) is 37.9 Å². The van der Waals surface area contributed by atoms with Gasteiger partial charge in [0.1, 0.15) is 11.3 Å². The monoisotopic (exact) mass is 516 g/mol. The lowest BCUT2D eigenvalue weighted by atomic mass is 9.87. The quantitative estimate of drug-likeness (QED) is 0.392. The maximum atomic E-state index is 13.2. The molecule has 1 N–H and O–H groups in total. The number of hydrogen-bond acceptors (Lipinski definition) is 10. The Labute approximate surface area is 213 Å². The van der Waals surface area contributed by atoms with Crippen LogP contribution in [0, 0.1) is 0 Å². The van der Waals surface area contributed by atoms with Crippen molar-refractivity contribution in [2.75, 3.05) is 56.9 Å². The van der Waals surface area contributed by atoms with Crippen LogP contribution in [0.25, 0.3) is 21.9 Å². The number of esters is 1. The summed E-state index contributed by atoms with van der Waals surface area (Å²) in [5.74, 6) is -1.23. The smallest absolute Gasteiger partial charge is 0.340 e. The lowest BCUT2D eigenvalue weighted by Gasteiger charge is -2.25. The standard InChI is InChI=1S/C26H28O11/c1-30-13-10-9-12(11-14(13)31-2)15-16-18(20(32-3)19(25(27)28)17(15)26(29)37-8)22(34-5)24(36-7)23(35-6)21(16)33-4/h9-11H,1-8H3,(H,27,28). The Morgan fingerprint density at radius 2 is 1.11 bits per heavy atom. The van der Waals surface area contributed by atoms with Crippen molar-refractivity contribution < 1.29 is 52.6 Å². The molecule has 3 aromatic rings. The van der Waals surface area contributed by atoms with Crippen LogP contribution in [0.2, 0.25) is 0 Å². The van der Waals surface area contributed by atoms with E-state index >= 15 is 0 Å². The molecule has 0 fully saturated rings. The molecule has 0 aliphatic rings. The average molecular weight is 516 g/mol. The molecule has 0 saturated carbocycles. The SMILES string of the molecule is COC(=O)c1c(C(=O)O)c(OC)c2c(OC)c(OC)c(OC)c(OC)c2c1-c1ccc(OC)c(OC)c1. The van der Waals surface area contributed by atoms with Crippen molar-refractivity contribution in [2.24, 2.45) is 0 Å². The molecular weight excluding hydrogens is 488 g/mol. The summed E-state index contributed by atoms with van der Waals surface area (Å²) in [6.45, 7) is 0. The van der Waals surface area contributed by atoms with Crippen LogP contribution < -0.4 is 33.2 Å². The van der Waals surface area contributed by atoms with E-state index < -0.39 is 17.5 Å². The van der Waals surface area contributed by atoms with Crippen LogP contribution in [-0.4, -0.2) is 73.9 Å². The Kier molecular flexibility index (Phi) is 8.06. The predicted molar refractivity (Wildman–Crippen MR) is 134 cm³/mol. The van der Waals surface area contributed by atoms with Crippen molar-refractivity contribution in [3.8, 4) is 51.4 Å².